The number of aromatic nitrogens is 2. The van der Waals surface area contributed by atoms with Gasteiger partial charge in [0, 0.05) is 25.3 Å². The summed E-state index contributed by atoms with van der Waals surface area (Å²) in [5.41, 5.74) is 1.65. The molecule has 2 rings (SSSR count). The van der Waals surface area contributed by atoms with Crippen LogP contribution in [0.3, 0.4) is 0 Å². The molecular formula is C16H21BrN4O. The summed E-state index contributed by atoms with van der Waals surface area (Å²) in [4.78, 5) is 11.9. The number of rotatable bonds is 6. The Morgan fingerprint density at radius 1 is 1.27 bits per heavy atom. The second kappa shape index (κ2) is 7.45. The lowest BCUT2D eigenvalue weighted by atomic mass is 10.0. The van der Waals surface area contributed by atoms with E-state index in [9.17, 15) is 4.79 Å². The Labute approximate surface area is 138 Å². The summed E-state index contributed by atoms with van der Waals surface area (Å²) >= 11 is 3.33. The topological polar surface area (TPSA) is 59.0 Å². The molecule has 0 aliphatic heterocycles. The van der Waals surface area contributed by atoms with Crippen LogP contribution >= 0.6 is 15.9 Å². The Kier molecular flexibility index (Phi) is 5.60. The summed E-state index contributed by atoms with van der Waals surface area (Å²) < 4.78 is 1.81. The molecule has 1 unspecified atom stereocenters. The van der Waals surface area contributed by atoms with Gasteiger partial charge in [-0.1, -0.05) is 32.0 Å². The molecule has 1 heterocycles. The number of anilines is 2. The fourth-order valence-electron chi connectivity index (χ4n) is 2.06. The first-order valence-electron chi connectivity index (χ1n) is 7.26. The van der Waals surface area contributed by atoms with Gasteiger partial charge in [0.05, 0.1) is 11.9 Å². The highest BCUT2D eigenvalue weighted by atomic mass is 79.9. The molecule has 0 amide bonds. The van der Waals surface area contributed by atoms with E-state index in [0.29, 0.717) is 22.6 Å². The van der Waals surface area contributed by atoms with Crippen molar-refractivity contribution in [2.45, 2.75) is 19.9 Å². The first kappa shape index (κ1) is 16.5. The Balaban J connectivity index is 2.07. The van der Waals surface area contributed by atoms with E-state index in [0.717, 1.165) is 5.69 Å². The van der Waals surface area contributed by atoms with Gasteiger partial charge < -0.3 is 10.6 Å². The van der Waals surface area contributed by atoms with Crippen molar-refractivity contribution in [2.24, 2.45) is 13.0 Å². The van der Waals surface area contributed by atoms with Crippen LogP contribution in [0.4, 0.5) is 11.4 Å². The van der Waals surface area contributed by atoms with Crippen molar-refractivity contribution >= 4 is 27.3 Å². The summed E-state index contributed by atoms with van der Waals surface area (Å²) in [7, 11) is 1.63. The van der Waals surface area contributed by atoms with Gasteiger partial charge in [0.1, 0.15) is 4.47 Å². The standard InChI is InChI=1S/C16H21BrN4O/c1-11(2)13(20-12-7-5-4-6-8-12)9-18-14-10-19-21(3)16(22)15(14)17/h4-8,10-11,13,18,20H,9H2,1-3H3. The molecule has 22 heavy (non-hydrogen) atoms. The van der Waals surface area contributed by atoms with Crippen molar-refractivity contribution in [3.05, 3.63) is 51.4 Å². The van der Waals surface area contributed by atoms with E-state index in [1.165, 1.54) is 4.68 Å². The van der Waals surface area contributed by atoms with Gasteiger partial charge in [-0.2, -0.15) is 5.10 Å². The van der Waals surface area contributed by atoms with Gasteiger partial charge in [-0.05, 0) is 34.0 Å². The Morgan fingerprint density at radius 3 is 2.59 bits per heavy atom. The monoisotopic (exact) mass is 364 g/mol. The minimum atomic E-state index is -0.151. The van der Waals surface area contributed by atoms with Crippen LogP contribution < -0.4 is 16.2 Å². The Morgan fingerprint density at radius 2 is 1.95 bits per heavy atom. The predicted octanol–water partition coefficient (Wildman–Crippen LogP) is 3.09. The SMILES string of the molecule is CC(C)C(CNc1cnn(C)c(=O)c1Br)Nc1ccccc1. The summed E-state index contributed by atoms with van der Waals surface area (Å²) in [5, 5.41) is 10.8. The van der Waals surface area contributed by atoms with E-state index in [1.54, 1.807) is 13.2 Å². The number of hydrogen-bond acceptors (Lipinski definition) is 4. The van der Waals surface area contributed by atoms with Gasteiger partial charge in [-0.15, -0.1) is 0 Å². The van der Waals surface area contributed by atoms with Gasteiger partial charge in [0.2, 0.25) is 0 Å². The van der Waals surface area contributed by atoms with E-state index in [-0.39, 0.29) is 11.6 Å². The third-order valence-electron chi connectivity index (χ3n) is 3.52. The second-order valence-electron chi connectivity index (χ2n) is 5.54. The maximum atomic E-state index is 11.9. The molecule has 0 aliphatic rings. The highest BCUT2D eigenvalue weighted by molar-refractivity contribution is 9.10. The quantitative estimate of drug-likeness (QED) is 0.826. The molecule has 5 nitrogen and oxygen atoms in total. The molecule has 2 N–H and O–H groups in total. The van der Waals surface area contributed by atoms with E-state index in [4.69, 9.17) is 0 Å². The smallest absolute Gasteiger partial charge is 0.282 e. The van der Waals surface area contributed by atoms with Crippen LogP contribution in [0.5, 0.6) is 0 Å². The normalized spacial score (nSPS) is 12.2. The molecular weight excluding hydrogens is 344 g/mol. The molecule has 0 aliphatic carbocycles. The van der Waals surface area contributed by atoms with Crippen molar-refractivity contribution < 1.29 is 0 Å². The average Bonchev–Trinajstić information content (AvgIpc) is 2.51. The lowest BCUT2D eigenvalue weighted by molar-refractivity contribution is 0.541. The zero-order chi connectivity index (χ0) is 16.1. The van der Waals surface area contributed by atoms with Gasteiger partial charge in [0.15, 0.2) is 0 Å². The third kappa shape index (κ3) is 4.10. The van der Waals surface area contributed by atoms with E-state index >= 15 is 0 Å². The van der Waals surface area contributed by atoms with Crippen LogP contribution in [0.2, 0.25) is 0 Å². The van der Waals surface area contributed by atoms with Gasteiger partial charge in [-0.25, -0.2) is 4.68 Å². The average molecular weight is 365 g/mol. The maximum Gasteiger partial charge on any atom is 0.282 e. The minimum absolute atomic E-state index is 0.151. The van der Waals surface area contributed by atoms with Crippen molar-refractivity contribution in [3.8, 4) is 0 Å². The highest BCUT2D eigenvalue weighted by Crippen LogP contribution is 2.18. The molecule has 0 saturated carbocycles. The molecule has 0 bridgehead atoms. The molecule has 0 fully saturated rings. The highest BCUT2D eigenvalue weighted by Gasteiger charge is 2.14. The van der Waals surface area contributed by atoms with Crippen molar-refractivity contribution in [1.82, 2.24) is 9.78 Å². The van der Waals surface area contributed by atoms with Crippen LogP contribution in [0, 0.1) is 5.92 Å². The zero-order valence-electron chi connectivity index (χ0n) is 13.0. The van der Waals surface area contributed by atoms with Crippen molar-refractivity contribution in [3.63, 3.8) is 0 Å². The Bertz CT molecular complexity index is 670. The maximum absolute atomic E-state index is 11.9. The molecule has 0 saturated heterocycles. The van der Waals surface area contributed by atoms with Crippen LogP contribution in [0.25, 0.3) is 0 Å². The van der Waals surface area contributed by atoms with Crippen LogP contribution in [0.15, 0.2) is 45.8 Å². The number of benzene rings is 1. The third-order valence-corrected chi connectivity index (χ3v) is 4.29. The van der Waals surface area contributed by atoms with E-state index in [1.807, 2.05) is 30.3 Å². The number of hydrogen-bond donors (Lipinski definition) is 2. The number of nitrogens with zero attached hydrogens (tertiary/aromatic N) is 2. The van der Waals surface area contributed by atoms with E-state index < -0.39 is 0 Å². The summed E-state index contributed by atoms with van der Waals surface area (Å²) in [6.45, 7) is 5.03. The van der Waals surface area contributed by atoms with Crippen LogP contribution in [-0.2, 0) is 7.05 Å². The lowest BCUT2D eigenvalue weighted by Crippen LogP contribution is -2.34. The number of nitrogens with one attached hydrogen (secondary N) is 2. The van der Waals surface area contributed by atoms with E-state index in [2.05, 4.69) is 45.5 Å². The molecule has 118 valence electrons. The first-order valence-corrected chi connectivity index (χ1v) is 8.05. The molecule has 1 aromatic heterocycles. The number of aryl methyl sites for hydroxylation is 1. The summed E-state index contributed by atoms with van der Waals surface area (Å²) in [5.74, 6) is 0.436. The first-order chi connectivity index (χ1) is 10.5. The van der Waals surface area contributed by atoms with Gasteiger partial charge in [0.25, 0.3) is 5.56 Å². The fraction of sp³-hybridized carbons (Fsp3) is 0.375. The zero-order valence-corrected chi connectivity index (χ0v) is 14.6. The minimum Gasteiger partial charge on any atom is -0.381 e. The largest absolute Gasteiger partial charge is 0.381 e. The molecule has 0 radical (unpaired) electrons. The van der Waals surface area contributed by atoms with Gasteiger partial charge >= 0.3 is 0 Å². The molecule has 2 aromatic rings. The summed E-state index contributed by atoms with van der Waals surface area (Å²) in [6, 6.07) is 10.3. The van der Waals surface area contributed by atoms with Crippen LogP contribution in [0.1, 0.15) is 13.8 Å². The molecule has 1 aromatic carbocycles. The predicted molar refractivity (Wildman–Crippen MR) is 94.4 cm³/mol. The van der Waals surface area contributed by atoms with Crippen molar-refractivity contribution in [1.29, 1.82) is 0 Å². The molecule has 1 atom stereocenters. The van der Waals surface area contributed by atoms with Gasteiger partial charge in [-0.3, -0.25) is 4.79 Å². The van der Waals surface area contributed by atoms with Crippen LogP contribution in [-0.4, -0.2) is 22.4 Å². The second-order valence-corrected chi connectivity index (χ2v) is 6.34. The summed E-state index contributed by atoms with van der Waals surface area (Å²) in [6.07, 6.45) is 1.66. The lowest BCUT2D eigenvalue weighted by Gasteiger charge is -2.24. The number of para-hydroxylation sites is 1. The van der Waals surface area contributed by atoms with Crippen molar-refractivity contribution in [2.75, 3.05) is 17.2 Å². The molecule has 6 heteroatoms. The molecule has 0 spiro atoms. The Hall–Kier alpha value is -1.82. The fourth-order valence-corrected chi connectivity index (χ4v) is 2.55. The number of halogens is 1.